The third-order valence-electron chi connectivity index (χ3n) is 4.07. The number of halogens is 1. The summed E-state index contributed by atoms with van der Waals surface area (Å²) in [6, 6.07) is 12.4. The van der Waals surface area contributed by atoms with Gasteiger partial charge in [-0.3, -0.25) is 0 Å². The highest BCUT2D eigenvalue weighted by Crippen LogP contribution is 2.37. The fourth-order valence-electron chi connectivity index (χ4n) is 2.58. The van der Waals surface area contributed by atoms with Crippen molar-refractivity contribution in [1.82, 2.24) is 10.2 Å². The summed E-state index contributed by atoms with van der Waals surface area (Å²) in [6.45, 7) is 7.96. The second kappa shape index (κ2) is 10.6. The van der Waals surface area contributed by atoms with Crippen LogP contribution in [-0.4, -0.2) is 38.7 Å². The molecule has 0 unspecified atom stereocenters. The highest BCUT2D eigenvalue weighted by Gasteiger charge is 2.13. The summed E-state index contributed by atoms with van der Waals surface area (Å²) in [4.78, 5) is 2.16. The maximum absolute atomic E-state index is 6.10. The minimum absolute atomic E-state index is 0.520. The summed E-state index contributed by atoms with van der Waals surface area (Å²) >= 11 is 3.65. The Bertz CT molecular complexity index is 704. The van der Waals surface area contributed by atoms with Gasteiger partial charge in [0.25, 0.3) is 0 Å². The summed E-state index contributed by atoms with van der Waals surface area (Å²) in [5.41, 5.74) is 3.57. The molecule has 26 heavy (non-hydrogen) atoms. The molecule has 0 saturated carbocycles. The Hall–Kier alpha value is -1.56. The first-order chi connectivity index (χ1) is 12.5. The number of nitrogens with zero attached hydrogens (tertiary/aromatic N) is 1. The van der Waals surface area contributed by atoms with Gasteiger partial charge in [0.1, 0.15) is 6.61 Å². The number of rotatable bonds is 10. The van der Waals surface area contributed by atoms with E-state index in [0.29, 0.717) is 13.2 Å². The van der Waals surface area contributed by atoms with Crippen molar-refractivity contribution in [1.29, 1.82) is 0 Å². The average Bonchev–Trinajstić information content (AvgIpc) is 2.59. The van der Waals surface area contributed by atoms with Crippen LogP contribution in [0.15, 0.2) is 40.9 Å². The van der Waals surface area contributed by atoms with E-state index in [9.17, 15) is 0 Å². The molecule has 0 atom stereocenters. The lowest BCUT2D eigenvalue weighted by Crippen LogP contribution is -2.26. The Morgan fingerprint density at radius 3 is 2.58 bits per heavy atom. The van der Waals surface area contributed by atoms with Gasteiger partial charge in [-0.05, 0) is 72.7 Å². The number of hydrogen-bond acceptors (Lipinski definition) is 4. The summed E-state index contributed by atoms with van der Waals surface area (Å²) < 4.78 is 12.8. The molecule has 2 rings (SSSR count). The number of benzene rings is 2. The predicted molar refractivity (Wildman–Crippen MR) is 111 cm³/mol. The SMILES string of the molecule is CCOc1cc(CNCCN(C)C)cc(Br)c1OCc1ccccc1C. The highest BCUT2D eigenvalue weighted by molar-refractivity contribution is 9.10. The van der Waals surface area contributed by atoms with Gasteiger partial charge in [-0.2, -0.15) is 0 Å². The molecule has 0 spiro atoms. The molecule has 142 valence electrons. The largest absolute Gasteiger partial charge is 0.490 e. The molecule has 0 aliphatic carbocycles. The van der Waals surface area contributed by atoms with Gasteiger partial charge in [0, 0.05) is 19.6 Å². The van der Waals surface area contributed by atoms with Crippen LogP contribution in [0.25, 0.3) is 0 Å². The summed E-state index contributed by atoms with van der Waals surface area (Å²) in [5, 5.41) is 3.46. The Balaban J connectivity index is 2.09. The van der Waals surface area contributed by atoms with Crippen molar-refractivity contribution >= 4 is 15.9 Å². The average molecular weight is 421 g/mol. The smallest absolute Gasteiger partial charge is 0.175 e. The first-order valence-corrected chi connectivity index (χ1v) is 9.78. The van der Waals surface area contributed by atoms with E-state index in [1.54, 1.807) is 0 Å². The molecule has 0 fully saturated rings. The molecule has 2 aromatic carbocycles. The van der Waals surface area contributed by atoms with Crippen molar-refractivity contribution in [2.75, 3.05) is 33.8 Å². The summed E-state index contributed by atoms with van der Waals surface area (Å²) in [7, 11) is 4.15. The molecule has 0 bridgehead atoms. The van der Waals surface area contributed by atoms with Gasteiger partial charge in [0.05, 0.1) is 11.1 Å². The molecule has 0 aliphatic rings. The molecule has 5 heteroatoms. The molecule has 0 heterocycles. The fraction of sp³-hybridized carbons (Fsp3) is 0.429. The standard InChI is InChI=1S/C21H29BrN2O2/c1-5-25-20-13-17(14-23-10-11-24(3)4)12-19(22)21(20)26-15-18-9-7-6-8-16(18)2/h6-9,12-13,23H,5,10-11,14-15H2,1-4H3. The number of ether oxygens (including phenoxy) is 2. The third-order valence-corrected chi connectivity index (χ3v) is 4.66. The maximum Gasteiger partial charge on any atom is 0.175 e. The van der Waals surface area contributed by atoms with E-state index in [-0.39, 0.29) is 0 Å². The molecular formula is C21H29BrN2O2. The van der Waals surface area contributed by atoms with Gasteiger partial charge in [-0.15, -0.1) is 0 Å². The number of nitrogens with one attached hydrogen (secondary N) is 1. The lowest BCUT2D eigenvalue weighted by Gasteiger charge is -2.17. The normalized spacial score (nSPS) is 11.0. The van der Waals surface area contributed by atoms with Gasteiger partial charge in [-0.1, -0.05) is 24.3 Å². The maximum atomic E-state index is 6.10. The molecule has 0 aliphatic heterocycles. The van der Waals surface area contributed by atoms with Crippen molar-refractivity contribution in [3.8, 4) is 11.5 Å². The zero-order chi connectivity index (χ0) is 18.9. The molecule has 2 aromatic rings. The zero-order valence-corrected chi connectivity index (χ0v) is 17.7. The molecule has 0 radical (unpaired) electrons. The van der Waals surface area contributed by atoms with Gasteiger partial charge in [-0.25, -0.2) is 0 Å². The molecule has 0 aromatic heterocycles. The van der Waals surface area contributed by atoms with E-state index in [2.05, 4.69) is 71.4 Å². The Kier molecular flexibility index (Phi) is 8.42. The van der Waals surface area contributed by atoms with Crippen LogP contribution in [0, 0.1) is 6.92 Å². The van der Waals surface area contributed by atoms with E-state index in [1.165, 1.54) is 16.7 Å². The van der Waals surface area contributed by atoms with Crippen LogP contribution in [0.5, 0.6) is 11.5 Å². The van der Waals surface area contributed by atoms with E-state index >= 15 is 0 Å². The van der Waals surface area contributed by atoms with Crippen LogP contribution in [0.1, 0.15) is 23.6 Å². The van der Waals surface area contributed by atoms with Crippen molar-refractivity contribution in [3.05, 3.63) is 57.6 Å². The molecule has 0 amide bonds. The summed E-state index contributed by atoms with van der Waals surface area (Å²) in [6.07, 6.45) is 0. The zero-order valence-electron chi connectivity index (χ0n) is 16.1. The van der Waals surface area contributed by atoms with Crippen LogP contribution in [0.4, 0.5) is 0 Å². The van der Waals surface area contributed by atoms with E-state index < -0.39 is 0 Å². The monoisotopic (exact) mass is 420 g/mol. The number of aryl methyl sites for hydroxylation is 1. The van der Waals surface area contributed by atoms with Crippen molar-refractivity contribution in [2.45, 2.75) is 27.0 Å². The van der Waals surface area contributed by atoms with Crippen LogP contribution < -0.4 is 14.8 Å². The lowest BCUT2D eigenvalue weighted by atomic mass is 10.1. The number of likely N-dealkylation sites (N-methyl/N-ethyl adjacent to an activating group) is 1. The van der Waals surface area contributed by atoms with Crippen molar-refractivity contribution in [2.24, 2.45) is 0 Å². The van der Waals surface area contributed by atoms with Gasteiger partial charge in [0.15, 0.2) is 11.5 Å². The van der Waals surface area contributed by atoms with Gasteiger partial charge >= 0.3 is 0 Å². The first kappa shape index (κ1) is 20.7. The third kappa shape index (κ3) is 6.31. The Morgan fingerprint density at radius 1 is 1.12 bits per heavy atom. The number of hydrogen-bond donors (Lipinski definition) is 1. The quantitative estimate of drug-likeness (QED) is 0.577. The summed E-state index contributed by atoms with van der Waals surface area (Å²) in [5.74, 6) is 1.53. The molecular weight excluding hydrogens is 392 g/mol. The second-order valence-electron chi connectivity index (χ2n) is 6.53. The van der Waals surface area contributed by atoms with Crippen LogP contribution in [0.2, 0.25) is 0 Å². The minimum Gasteiger partial charge on any atom is -0.490 e. The van der Waals surface area contributed by atoms with Gasteiger partial charge in [0.2, 0.25) is 0 Å². The predicted octanol–water partition coefficient (Wildman–Crippen LogP) is 4.39. The van der Waals surface area contributed by atoms with E-state index in [0.717, 1.165) is 35.6 Å². The van der Waals surface area contributed by atoms with Crippen LogP contribution >= 0.6 is 15.9 Å². The topological polar surface area (TPSA) is 33.7 Å². The Morgan fingerprint density at radius 2 is 1.88 bits per heavy atom. The van der Waals surface area contributed by atoms with E-state index in [1.807, 2.05) is 19.1 Å². The van der Waals surface area contributed by atoms with Crippen LogP contribution in [0.3, 0.4) is 0 Å². The van der Waals surface area contributed by atoms with Crippen molar-refractivity contribution < 1.29 is 9.47 Å². The fourth-order valence-corrected chi connectivity index (χ4v) is 3.19. The van der Waals surface area contributed by atoms with Crippen molar-refractivity contribution in [3.63, 3.8) is 0 Å². The second-order valence-corrected chi connectivity index (χ2v) is 7.39. The Labute approximate surface area is 165 Å². The molecule has 4 nitrogen and oxygen atoms in total. The first-order valence-electron chi connectivity index (χ1n) is 8.99. The van der Waals surface area contributed by atoms with Gasteiger partial charge < -0.3 is 19.7 Å². The lowest BCUT2D eigenvalue weighted by molar-refractivity contribution is 0.267. The van der Waals surface area contributed by atoms with E-state index in [4.69, 9.17) is 9.47 Å². The molecule has 0 saturated heterocycles. The highest BCUT2D eigenvalue weighted by atomic mass is 79.9. The minimum atomic E-state index is 0.520. The van der Waals surface area contributed by atoms with Crippen LogP contribution in [-0.2, 0) is 13.2 Å². The molecule has 1 N–H and O–H groups in total.